The summed E-state index contributed by atoms with van der Waals surface area (Å²) in [5.74, 6) is -0.0929. The summed E-state index contributed by atoms with van der Waals surface area (Å²) >= 11 is 0. The van der Waals surface area contributed by atoms with Crippen molar-refractivity contribution in [3.8, 4) is 11.5 Å². The molecule has 1 aromatic rings. The third-order valence-corrected chi connectivity index (χ3v) is 1.82. The Balaban J connectivity index is 2.35. The van der Waals surface area contributed by atoms with Crippen LogP contribution in [0, 0.1) is 0 Å². The van der Waals surface area contributed by atoms with Crippen LogP contribution in [0.3, 0.4) is 0 Å². The van der Waals surface area contributed by atoms with Crippen LogP contribution in [-0.2, 0) is 4.79 Å². The number of rotatable bonds is 5. The van der Waals surface area contributed by atoms with Crippen molar-refractivity contribution in [1.29, 1.82) is 0 Å². The monoisotopic (exact) mass is 225 g/mol. The van der Waals surface area contributed by atoms with Crippen molar-refractivity contribution in [2.45, 2.75) is 13.0 Å². The highest BCUT2D eigenvalue weighted by Gasteiger charge is 2.06. The quantitative estimate of drug-likeness (QED) is 0.672. The lowest BCUT2D eigenvalue weighted by Gasteiger charge is -2.09. The van der Waals surface area contributed by atoms with Crippen LogP contribution < -0.4 is 10.1 Å². The molecule has 0 saturated heterocycles. The highest BCUT2D eigenvalue weighted by Crippen LogP contribution is 2.23. The molecule has 1 atom stereocenters. The van der Waals surface area contributed by atoms with Crippen LogP contribution in [0.25, 0.3) is 0 Å². The molecule has 1 unspecified atom stereocenters. The normalized spacial score (nSPS) is 11.9. The van der Waals surface area contributed by atoms with E-state index in [1.165, 1.54) is 6.07 Å². The van der Waals surface area contributed by atoms with Crippen LogP contribution in [0.5, 0.6) is 11.5 Å². The highest BCUT2D eigenvalue weighted by molar-refractivity contribution is 5.77. The molecule has 0 heterocycles. The summed E-state index contributed by atoms with van der Waals surface area (Å²) in [4.78, 5) is 11.2. The molecule has 3 N–H and O–H groups in total. The molecule has 0 spiro atoms. The molecule has 1 aromatic carbocycles. The SMILES string of the molecule is CC(O)CNC(=O)COc1ccccc1O. The highest BCUT2D eigenvalue weighted by atomic mass is 16.5. The molecule has 0 radical (unpaired) electrons. The van der Waals surface area contributed by atoms with E-state index in [0.717, 1.165) is 0 Å². The summed E-state index contributed by atoms with van der Waals surface area (Å²) in [5, 5.41) is 20.8. The first-order valence-electron chi connectivity index (χ1n) is 4.95. The minimum Gasteiger partial charge on any atom is -0.504 e. The van der Waals surface area contributed by atoms with Crippen LogP contribution in [0.4, 0.5) is 0 Å². The van der Waals surface area contributed by atoms with Crippen molar-refractivity contribution in [1.82, 2.24) is 5.32 Å². The van der Waals surface area contributed by atoms with Gasteiger partial charge in [-0.05, 0) is 19.1 Å². The van der Waals surface area contributed by atoms with Gasteiger partial charge in [0.25, 0.3) is 5.91 Å². The summed E-state index contributed by atoms with van der Waals surface area (Å²) in [6.45, 7) is 1.57. The van der Waals surface area contributed by atoms with Gasteiger partial charge in [0.15, 0.2) is 18.1 Å². The lowest BCUT2D eigenvalue weighted by atomic mass is 10.3. The zero-order valence-corrected chi connectivity index (χ0v) is 9.01. The van der Waals surface area contributed by atoms with E-state index >= 15 is 0 Å². The Morgan fingerprint density at radius 2 is 2.19 bits per heavy atom. The molecule has 0 aliphatic heterocycles. The number of aromatic hydroxyl groups is 1. The molecule has 0 aromatic heterocycles. The second kappa shape index (κ2) is 5.97. The Kier molecular flexibility index (Phi) is 4.60. The number of carbonyl (C=O) groups is 1. The van der Waals surface area contributed by atoms with E-state index in [-0.39, 0.29) is 30.6 Å². The van der Waals surface area contributed by atoms with E-state index in [9.17, 15) is 9.90 Å². The molecule has 16 heavy (non-hydrogen) atoms. The number of phenols is 1. The number of para-hydroxylation sites is 2. The van der Waals surface area contributed by atoms with Gasteiger partial charge in [-0.1, -0.05) is 12.1 Å². The minimum atomic E-state index is -0.589. The molecule has 0 saturated carbocycles. The maximum atomic E-state index is 11.2. The van der Waals surface area contributed by atoms with Crippen LogP contribution in [0.2, 0.25) is 0 Å². The summed E-state index contributed by atoms with van der Waals surface area (Å²) in [7, 11) is 0. The predicted octanol–water partition coefficient (Wildman–Crippen LogP) is 0.268. The number of phenolic OH excluding ortho intramolecular Hbond substituents is 1. The topological polar surface area (TPSA) is 78.8 Å². The molecule has 0 aliphatic carbocycles. The number of amides is 1. The van der Waals surface area contributed by atoms with Gasteiger partial charge < -0.3 is 20.3 Å². The summed E-state index contributed by atoms with van der Waals surface area (Å²) < 4.78 is 5.09. The van der Waals surface area contributed by atoms with E-state index in [4.69, 9.17) is 9.84 Å². The fourth-order valence-corrected chi connectivity index (χ4v) is 1.04. The number of nitrogens with one attached hydrogen (secondary N) is 1. The molecule has 0 aliphatic rings. The average Bonchev–Trinajstić information content (AvgIpc) is 2.25. The van der Waals surface area contributed by atoms with E-state index in [1.807, 2.05) is 0 Å². The largest absolute Gasteiger partial charge is 0.504 e. The number of ether oxygens (including phenoxy) is 1. The summed E-state index contributed by atoms with van der Waals surface area (Å²) in [6.07, 6.45) is -0.589. The fourth-order valence-electron chi connectivity index (χ4n) is 1.04. The Labute approximate surface area is 93.7 Å². The zero-order chi connectivity index (χ0) is 12.0. The van der Waals surface area contributed by atoms with Crippen molar-refractivity contribution >= 4 is 5.91 Å². The standard InChI is InChI=1S/C11H15NO4/c1-8(13)6-12-11(15)7-16-10-5-3-2-4-9(10)14/h2-5,8,13-14H,6-7H2,1H3,(H,12,15). The van der Waals surface area contributed by atoms with E-state index in [0.29, 0.717) is 0 Å². The lowest BCUT2D eigenvalue weighted by Crippen LogP contribution is -2.34. The van der Waals surface area contributed by atoms with Crippen LogP contribution in [0.15, 0.2) is 24.3 Å². The smallest absolute Gasteiger partial charge is 0.258 e. The molecular weight excluding hydrogens is 210 g/mol. The number of benzene rings is 1. The van der Waals surface area contributed by atoms with Crippen molar-refractivity contribution in [2.24, 2.45) is 0 Å². The van der Waals surface area contributed by atoms with Crippen molar-refractivity contribution in [3.63, 3.8) is 0 Å². The van der Waals surface area contributed by atoms with Crippen LogP contribution in [-0.4, -0.2) is 35.4 Å². The summed E-state index contributed by atoms with van der Waals surface area (Å²) in [6, 6.07) is 6.40. The number of hydrogen-bond acceptors (Lipinski definition) is 4. The molecule has 5 heteroatoms. The van der Waals surface area contributed by atoms with Gasteiger partial charge in [-0.2, -0.15) is 0 Å². The predicted molar refractivity (Wildman–Crippen MR) is 58.3 cm³/mol. The van der Waals surface area contributed by atoms with Gasteiger partial charge in [0.1, 0.15) is 0 Å². The number of aliphatic hydroxyl groups excluding tert-OH is 1. The first kappa shape index (κ1) is 12.3. The maximum absolute atomic E-state index is 11.2. The first-order chi connectivity index (χ1) is 7.59. The van der Waals surface area contributed by atoms with E-state index in [2.05, 4.69) is 5.32 Å². The van der Waals surface area contributed by atoms with Gasteiger partial charge in [0.05, 0.1) is 6.10 Å². The first-order valence-corrected chi connectivity index (χ1v) is 4.95. The maximum Gasteiger partial charge on any atom is 0.258 e. The van der Waals surface area contributed by atoms with Gasteiger partial charge in [-0.15, -0.1) is 0 Å². The van der Waals surface area contributed by atoms with Crippen molar-refractivity contribution in [3.05, 3.63) is 24.3 Å². The van der Waals surface area contributed by atoms with E-state index < -0.39 is 6.10 Å². The Morgan fingerprint density at radius 3 is 2.81 bits per heavy atom. The molecular formula is C11H15NO4. The average molecular weight is 225 g/mol. The lowest BCUT2D eigenvalue weighted by molar-refractivity contribution is -0.123. The Morgan fingerprint density at radius 1 is 1.50 bits per heavy atom. The molecule has 1 amide bonds. The number of carbonyl (C=O) groups excluding carboxylic acids is 1. The molecule has 88 valence electrons. The van der Waals surface area contributed by atoms with Gasteiger partial charge in [-0.3, -0.25) is 4.79 Å². The second-order valence-corrected chi connectivity index (χ2v) is 3.41. The van der Waals surface area contributed by atoms with Crippen molar-refractivity contribution in [2.75, 3.05) is 13.2 Å². The molecule has 0 bridgehead atoms. The molecule has 1 rings (SSSR count). The second-order valence-electron chi connectivity index (χ2n) is 3.41. The fraction of sp³-hybridized carbons (Fsp3) is 0.364. The summed E-state index contributed by atoms with van der Waals surface area (Å²) in [5.41, 5.74) is 0. The Bertz CT molecular complexity index is 352. The minimum absolute atomic E-state index is 0.00849. The zero-order valence-electron chi connectivity index (χ0n) is 9.01. The molecule has 0 fully saturated rings. The van der Waals surface area contributed by atoms with E-state index in [1.54, 1.807) is 25.1 Å². The third-order valence-electron chi connectivity index (χ3n) is 1.82. The van der Waals surface area contributed by atoms with Crippen LogP contribution >= 0.6 is 0 Å². The van der Waals surface area contributed by atoms with Crippen molar-refractivity contribution < 1.29 is 19.7 Å². The third kappa shape index (κ3) is 4.18. The number of hydrogen-bond donors (Lipinski definition) is 3. The number of aliphatic hydroxyl groups is 1. The van der Waals surface area contributed by atoms with Gasteiger partial charge in [0, 0.05) is 6.54 Å². The van der Waals surface area contributed by atoms with Crippen LogP contribution in [0.1, 0.15) is 6.92 Å². The molecule has 5 nitrogen and oxygen atoms in total. The van der Waals surface area contributed by atoms with Gasteiger partial charge >= 0.3 is 0 Å². The van der Waals surface area contributed by atoms with Gasteiger partial charge in [0.2, 0.25) is 0 Å². The van der Waals surface area contributed by atoms with Gasteiger partial charge in [-0.25, -0.2) is 0 Å². The Hall–Kier alpha value is -1.75.